The maximum absolute atomic E-state index is 13.5. The summed E-state index contributed by atoms with van der Waals surface area (Å²) in [6.07, 6.45) is 3.55. The number of anilines is 2. The summed E-state index contributed by atoms with van der Waals surface area (Å²) in [6.45, 7) is 7.87. The molecule has 2 N–H and O–H groups in total. The lowest BCUT2D eigenvalue weighted by Gasteiger charge is -2.32. The second kappa shape index (κ2) is 11.5. The van der Waals surface area contributed by atoms with Gasteiger partial charge in [-0.15, -0.1) is 5.10 Å². The Bertz CT molecular complexity index is 1310. The van der Waals surface area contributed by atoms with Crippen LogP contribution in [0.1, 0.15) is 62.4 Å². The number of amides is 2. The van der Waals surface area contributed by atoms with Crippen molar-refractivity contribution >= 4 is 29.5 Å². The van der Waals surface area contributed by atoms with Crippen molar-refractivity contribution in [3.8, 4) is 11.4 Å². The van der Waals surface area contributed by atoms with Gasteiger partial charge in [0.1, 0.15) is 0 Å². The second-order valence-electron chi connectivity index (χ2n) is 10.3. The van der Waals surface area contributed by atoms with E-state index in [2.05, 4.69) is 17.3 Å². The molecule has 1 aliphatic rings. The number of carboxylic acid groups (broad SMARTS) is 1. The van der Waals surface area contributed by atoms with Gasteiger partial charge in [0.05, 0.1) is 11.9 Å². The molecule has 38 heavy (non-hydrogen) atoms. The molecule has 2 amide bonds. The number of benzene rings is 2. The predicted molar refractivity (Wildman–Crippen MR) is 145 cm³/mol. The van der Waals surface area contributed by atoms with Crippen molar-refractivity contribution in [3.63, 3.8) is 0 Å². The fraction of sp³-hybridized carbons (Fsp3) is 0.379. The Labute approximate surface area is 222 Å². The third-order valence-corrected chi connectivity index (χ3v) is 6.88. The number of carbonyl (C=O) groups excluding carboxylic acids is 2. The molecule has 4 rings (SSSR count). The van der Waals surface area contributed by atoms with E-state index in [4.69, 9.17) is 4.74 Å². The third kappa shape index (κ3) is 6.22. The van der Waals surface area contributed by atoms with Crippen molar-refractivity contribution in [2.24, 2.45) is 11.8 Å². The summed E-state index contributed by atoms with van der Waals surface area (Å²) in [5, 5.41) is 16.8. The van der Waals surface area contributed by atoms with Crippen LogP contribution in [0.4, 0.5) is 16.3 Å². The van der Waals surface area contributed by atoms with Crippen LogP contribution in [0.3, 0.4) is 0 Å². The fourth-order valence-corrected chi connectivity index (χ4v) is 4.81. The van der Waals surface area contributed by atoms with Crippen molar-refractivity contribution in [3.05, 3.63) is 65.9 Å². The van der Waals surface area contributed by atoms with Crippen LogP contribution in [-0.2, 0) is 4.79 Å². The highest BCUT2D eigenvalue weighted by atomic mass is 16.7. The SMILES string of the molecule is Cc1cccc(C(=O)Nc2ccc(-n3cc(OC(=O)O)c(N(C(=O)[C@H]4CC[C@H](C)CC4)C(C)C)n3)cc2)c1. The average molecular weight is 519 g/mol. The van der Waals surface area contributed by atoms with E-state index in [-0.39, 0.29) is 35.3 Å². The van der Waals surface area contributed by atoms with Gasteiger partial charge in [0.25, 0.3) is 5.91 Å². The number of ether oxygens (including phenoxy) is 1. The van der Waals surface area contributed by atoms with Crippen LogP contribution in [-0.4, -0.2) is 38.9 Å². The molecule has 0 spiro atoms. The monoisotopic (exact) mass is 518 g/mol. The highest BCUT2D eigenvalue weighted by Crippen LogP contribution is 2.35. The van der Waals surface area contributed by atoms with Crippen LogP contribution in [0.25, 0.3) is 5.69 Å². The standard InChI is InChI=1S/C29H34N4O5/c1-18(2)33(28(35)21-10-8-19(3)9-11-21)26-25(38-29(36)37)17-32(31-26)24-14-12-23(13-15-24)30-27(34)22-7-5-6-20(4)16-22/h5-7,12-19,21H,8-11H2,1-4H3,(H,30,34)(H,36,37)/t19-,21-. The number of nitrogens with zero attached hydrogens (tertiary/aromatic N) is 3. The molecule has 0 saturated heterocycles. The van der Waals surface area contributed by atoms with E-state index in [9.17, 15) is 19.5 Å². The number of aryl methyl sites for hydroxylation is 1. The molecule has 0 unspecified atom stereocenters. The van der Waals surface area contributed by atoms with E-state index >= 15 is 0 Å². The lowest BCUT2D eigenvalue weighted by molar-refractivity contribution is -0.124. The summed E-state index contributed by atoms with van der Waals surface area (Å²) in [4.78, 5) is 39.1. The van der Waals surface area contributed by atoms with Crippen molar-refractivity contribution in [1.29, 1.82) is 0 Å². The Morgan fingerprint density at radius 2 is 1.76 bits per heavy atom. The zero-order chi connectivity index (χ0) is 27.4. The first-order chi connectivity index (χ1) is 18.1. The fourth-order valence-electron chi connectivity index (χ4n) is 4.81. The van der Waals surface area contributed by atoms with Crippen molar-refractivity contribution < 1.29 is 24.2 Å². The van der Waals surface area contributed by atoms with Crippen molar-refractivity contribution in [2.45, 2.75) is 59.4 Å². The largest absolute Gasteiger partial charge is 0.511 e. The number of hydrogen-bond donors (Lipinski definition) is 2. The number of hydrogen-bond acceptors (Lipinski definition) is 5. The normalized spacial score (nSPS) is 17.2. The van der Waals surface area contributed by atoms with Crippen molar-refractivity contribution in [2.75, 3.05) is 10.2 Å². The van der Waals surface area contributed by atoms with Gasteiger partial charge in [-0.1, -0.05) is 24.6 Å². The summed E-state index contributed by atoms with van der Waals surface area (Å²) in [5.41, 5.74) is 2.77. The maximum Gasteiger partial charge on any atom is 0.511 e. The molecule has 2 aromatic carbocycles. The molecule has 9 heteroatoms. The van der Waals surface area contributed by atoms with Crippen LogP contribution >= 0.6 is 0 Å². The predicted octanol–water partition coefficient (Wildman–Crippen LogP) is 6.06. The molecule has 1 aliphatic carbocycles. The van der Waals surface area contributed by atoms with E-state index in [1.165, 1.54) is 10.9 Å². The molecule has 200 valence electrons. The van der Waals surface area contributed by atoms with Crippen LogP contribution in [0, 0.1) is 18.8 Å². The molecule has 1 fully saturated rings. The zero-order valence-electron chi connectivity index (χ0n) is 22.2. The van der Waals surface area contributed by atoms with Gasteiger partial charge >= 0.3 is 6.16 Å². The Morgan fingerprint density at radius 1 is 1.08 bits per heavy atom. The minimum atomic E-state index is -1.48. The summed E-state index contributed by atoms with van der Waals surface area (Å²) in [5.74, 6) is 0.335. The zero-order valence-corrected chi connectivity index (χ0v) is 22.2. The molecule has 0 aliphatic heterocycles. The van der Waals surface area contributed by atoms with Gasteiger partial charge in [-0.2, -0.15) is 0 Å². The van der Waals surface area contributed by atoms with E-state index < -0.39 is 6.16 Å². The number of carbonyl (C=O) groups is 3. The molecule has 0 atom stereocenters. The molecule has 0 bridgehead atoms. The van der Waals surface area contributed by atoms with Crippen LogP contribution in [0.2, 0.25) is 0 Å². The van der Waals surface area contributed by atoms with Crippen LogP contribution in [0.5, 0.6) is 5.75 Å². The highest BCUT2D eigenvalue weighted by molar-refractivity contribution is 6.04. The van der Waals surface area contributed by atoms with Gasteiger partial charge in [0, 0.05) is 23.2 Å². The van der Waals surface area contributed by atoms with Crippen LogP contribution in [0.15, 0.2) is 54.7 Å². The highest BCUT2D eigenvalue weighted by Gasteiger charge is 2.34. The summed E-state index contributed by atoms with van der Waals surface area (Å²) in [6, 6.07) is 14.0. The quantitative estimate of drug-likeness (QED) is 0.368. The van der Waals surface area contributed by atoms with Gasteiger partial charge in [-0.3, -0.25) is 14.5 Å². The molecule has 1 aromatic heterocycles. The molecular formula is C29H34N4O5. The van der Waals surface area contributed by atoms with Gasteiger partial charge in [0.2, 0.25) is 11.7 Å². The summed E-state index contributed by atoms with van der Waals surface area (Å²) < 4.78 is 6.53. The Hall–Kier alpha value is -4.14. The molecule has 0 radical (unpaired) electrons. The second-order valence-corrected chi connectivity index (χ2v) is 10.3. The molecular weight excluding hydrogens is 484 g/mol. The van der Waals surface area contributed by atoms with E-state index in [1.807, 2.05) is 39.0 Å². The van der Waals surface area contributed by atoms with Gasteiger partial charge in [0.15, 0.2) is 5.75 Å². The van der Waals surface area contributed by atoms with Crippen molar-refractivity contribution in [1.82, 2.24) is 9.78 Å². The first-order valence-electron chi connectivity index (χ1n) is 12.9. The summed E-state index contributed by atoms with van der Waals surface area (Å²) in [7, 11) is 0. The number of nitrogens with one attached hydrogen (secondary N) is 1. The van der Waals surface area contributed by atoms with E-state index in [1.54, 1.807) is 35.2 Å². The molecule has 9 nitrogen and oxygen atoms in total. The maximum atomic E-state index is 13.5. The Morgan fingerprint density at radius 3 is 2.37 bits per heavy atom. The Balaban J connectivity index is 1.59. The average Bonchev–Trinajstić information content (AvgIpc) is 3.27. The third-order valence-electron chi connectivity index (χ3n) is 6.88. The lowest BCUT2D eigenvalue weighted by atomic mass is 9.82. The first kappa shape index (κ1) is 26.9. The first-order valence-corrected chi connectivity index (χ1v) is 12.9. The lowest BCUT2D eigenvalue weighted by Crippen LogP contribution is -2.42. The van der Waals surface area contributed by atoms with E-state index in [0.29, 0.717) is 22.9 Å². The molecule has 1 saturated carbocycles. The minimum absolute atomic E-state index is 0.0134. The molecule has 1 heterocycles. The molecule has 3 aromatic rings. The summed E-state index contributed by atoms with van der Waals surface area (Å²) >= 11 is 0. The smallest absolute Gasteiger partial charge is 0.449 e. The topological polar surface area (TPSA) is 114 Å². The van der Waals surface area contributed by atoms with E-state index in [0.717, 1.165) is 31.2 Å². The number of aromatic nitrogens is 2. The number of rotatable bonds is 7. The van der Waals surface area contributed by atoms with Gasteiger partial charge in [-0.05, 0) is 88.8 Å². The van der Waals surface area contributed by atoms with Crippen LogP contribution < -0.4 is 15.0 Å². The van der Waals surface area contributed by atoms with Gasteiger partial charge in [-0.25, -0.2) is 9.48 Å². The van der Waals surface area contributed by atoms with Gasteiger partial charge < -0.3 is 15.2 Å². The Kier molecular flexibility index (Phi) is 8.14. The minimum Gasteiger partial charge on any atom is -0.449 e.